The number of fused-ring (bicyclic) bond motifs is 2. The topological polar surface area (TPSA) is 54.0 Å². The van der Waals surface area contributed by atoms with Crippen molar-refractivity contribution < 1.29 is 23.7 Å². The van der Waals surface area contributed by atoms with E-state index >= 15 is 0 Å². The average molecular weight is 475 g/mol. The van der Waals surface area contributed by atoms with Gasteiger partial charge in [0.2, 0.25) is 0 Å². The van der Waals surface area contributed by atoms with Crippen molar-refractivity contribution in [2.75, 3.05) is 26.4 Å². The van der Waals surface area contributed by atoms with Crippen molar-refractivity contribution in [2.45, 2.75) is 45.3 Å². The minimum atomic E-state index is -0.592. The molecule has 0 N–H and O–H groups in total. The number of hydrogen-bond acceptors (Lipinski definition) is 5. The Morgan fingerprint density at radius 1 is 0.829 bits per heavy atom. The second kappa shape index (κ2) is 12.5. The second-order valence-corrected chi connectivity index (χ2v) is 8.54. The summed E-state index contributed by atoms with van der Waals surface area (Å²) >= 11 is 0. The van der Waals surface area contributed by atoms with Gasteiger partial charge in [-0.05, 0) is 66.6 Å². The zero-order valence-electron chi connectivity index (χ0n) is 20.6. The van der Waals surface area contributed by atoms with Gasteiger partial charge in [-0.1, -0.05) is 60.7 Å². The zero-order valence-corrected chi connectivity index (χ0v) is 20.6. The van der Waals surface area contributed by atoms with Crippen molar-refractivity contribution in [2.24, 2.45) is 0 Å². The van der Waals surface area contributed by atoms with Crippen molar-refractivity contribution >= 4 is 5.97 Å². The lowest BCUT2D eigenvalue weighted by molar-refractivity contribution is -0.156. The second-order valence-electron chi connectivity index (χ2n) is 8.54. The van der Waals surface area contributed by atoms with Crippen LogP contribution in [0.15, 0.2) is 72.8 Å². The molecule has 0 heterocycles. The predicted octanol–water partition coefficient (Wildman–Crippen LogP) is 5.48. The van der Waals surface area contributed by atoms with Crippen molar-refractivity contribution in [3.8, 4) is 5.75 Å². The summed E-state index contributed by atoms with van der Waals surface area (Å²) in [4.78, 5) is 12.1. The fourth-order valence-electron chi connectivity index (χ4n) is 4.56. The van der Waals surface area contributed by atoms with Gasteiger partial charge in [0.15, 0.2) is 6.10 Å². The van der Waals surface area contributed by atoms with Gasteiger partial charge in [-0.2, -0.15) is 0 Å². The van der Waals surface area contributed by atoms with Crippen LogP contribution in [-0.4, -0.2) is 38.5 Å². The zero-order chi connectivity index (χ0) is 24.5. The Balaban J connectivity index is 1.34. The molecule has 0 fully saturated rings. The fraction of sp³-hybridized carbons (Fsp3) is 0.367. The van der Waals surface area contributed by atoms with E-state index in [1.54, 1.807) is 6.92 Å². The third kappa shape index (κ3) is 6.50. The van der Waals surface area contributed by atoms with E-state index in [2.05, 4.69) is 48.5 Å². The van der Waals surface area contributed by atoms with Crippen LogP contribution < -0.4 is 4.74 Å². The molecule has 5 nitrogen and oxygen atoms in total. The normalized spacial score (nSPS) is 13.9. The van der Waals surface area contributed by atoms with Crippen LogP contribution in [0, 0.1) is 0 Å². The van der Waals surface area contributed by atoms with E-state index < -0.39 is 6.10 Å². The van der Waals surface area contributed by atoms with Crippen LogP contribution in [0.3, 0.4) is 0 Å². The molecule has 0 aliphatic heterocycles. The van der Waals surface area contributed by atoms with Crippen LogP contribution in [-0.2, 0) is 38.3 Å². The van der Waals surface area contributed by atoms with Crippen molar-refractivity contribution in [1.29, 1.82) is 0 Å². The molecule has 0 saturated carbocycles. The number of carbonyl (C=O) groups excluding carboxylic acids is 1. The van der Waals surface area contributed by atoms with Crippen LogP contribution >= 0.6 is 0 Å². The average Bonchev–Trinajstić information content (AvgIpc) is 3.04. The van der Waals surface area contributed by atoms with Gasteiger partial charge in [0, 0.05) is 13.0 Å². The first-order chi connectivity index (χ1) is 17.2. The highest BCUT2D eigenvalue weighted by atomic mass is 16.6. The molecule has 5 heteroatoms. The number of hydrogen-bond donors (Lipinski definition) is 0. The predicted molar refractivity (Wildman–Crippen MR) is 136 cm³/mol. The molecule has 1 aliphatic carbocycles. The standard InChI is InChI=1S/C30H34O5/c1-3-32-28(30(31)33-4-2)21-22-13-17-25(18-14-22)34-19-20-35-29-26-11-7-5-9-23(26)15-16-24-10-6-8-12-27(24)29/h5-14,17-18,28-29H,3-4,15-16,19-21H2,1-2H3. The van der Waals surface area contributed by atoms with E-state index in [0.29, 0.717) is 32.8 Å². The van der Waals surface area contributed by atoms with Gasteiger partial charge in [0.1, 0.15) is 18.5 Å². The lowest BCUT2D eigenvalue weighted by Crippen LogP contribution is -2.28. The molecule has 3 aromatic rings. The molecule has 0 spiro atoms. The quantitative estimate of drug-likeness (QED) is 0.272. The van der Waals surface area contributed by atoms with Gasteiger partial charge >= 0.3 is 5.97 Å². The maximum absolute atomic E-state index is 12.1. The molecule has 35 heavy (non-hydrogen) atoms. The lowest BCUT2D eigenvalue weighted by Gasteiger charge is -2.21. The summed E-state index contributed by atoms with van der Waals surface area (Å²) < 4.78 is 23.0. The summed E-state index contributed by atoms with van der Waals surface area (Å²) in [6.07, 6.45) is 1.84. The Hall–Kier alpha value is -3.15. The Bertz CT molecular complexity index is 1040. The first-order valence-electron chi connectivity index (χ1n) is 12.5. The van der Waals surface area contributed by atoms with E-state index in [-0.39, 0.29) is 12.1 Å². The summed E-state index contributed by atoms with van der Waals surface area (Å²) in [6, 6.07) is 24.9. The van der Waals surface area contributed by atoms with Gasteiger partial charge in [-0.3, -0.25) is 0 Å². The first-order valence-corrected chi connectivity index (χ1v) is 12.5. The largest absolute Gasteiger partial charge is 0.491 e. The third-order valence-electron chi connectivity index (χ3n) is 6.24. The van der Waals surface area contributed by atoms with Crippen LogP contribution in [0.5, 0.6) is 5.75 Å². The number of rotatable bonds is 11. The smallest absolute Gasteiger partial charge is 0.335 e. The summed E-state index contributed by atoms with van der Waals surface area (Å²) in [5, 5.41) is 0. The van der Waals surface area contributed by atoms with Crippen molar-refractivity contribution in [1.82, 2.24) is 0 Å². The Kier molecular flexibility index (Phi) is 8.93. The maximum atomic E-state index is 12.1. The molecule has 184 valence electrons. The van der Waals surface area contributed by atoms with Crippen molar-refractivity contribution in [3.63, 3.8) is 0 Å². The monoisotopic (exact) mass is 474 g/mol. The number of esters is 1. The number of benzene rings is 3. The summed E-state index contributed by atoms with van der Waals surface area (Å²) in [6.45, 7) is 5.40. The summed E-state index contributed by atoms with van der Waals surface area (Å²) in [7, 11) is 0. The molecular weight excluding hydrogens is 440 g/mol. The lowest BCUT2D eigenvalue weighted by atomic mass is 9.97. The maximum Gasteiger partial charge on any atom is 0.335 e. The molecule has 0 aromatic heterocycles. The molecule has 0 bridgehead atoms. The fourth-order valence-corrected chi connectivity index (χ4v) is 4.56. The first kappa shape index (κ1) is 25.0. The summed E-state index contributed by atoms with van der Waals surface area (Å²) in [5.41, 5.74) is 6.17. The molecule has 3 aromatic carbocycles. The molecule has 0 amide bonds. The summed E-state index contributed by atoms with van der Waals surface area (Å²) in [5.74, 6) is 0.441. The van der Waals surface area contributed by atoms with E-state index in [9.17, 15) is 4.79 Å². The van der Waals surface area contributed by atoms with E-state index in [1.807, 2.05) is 31.2 Å². The highest BCUT2D eigenvalue weighted by Gasteiger charge is 2.24. The Morgan fingerprint density at radius 3 is 2.06 bits per heavy atom. The van der Waals surface area contributed by atoms with Crippen molar-refractivity contribution in [3.05, 3.63) is 101 Å². The van der Waals surface area contributed by atoms with E-state index in [4.69, 9.17) is 18.9 Å². The van der Waals surface area contributed by atoms with Gasteiger partial charge in [-0.25, -0.2) is 4.79 Å². The molecule has 4 rings (SSSR count). The van der Waals surface area contributed by atoms with E-state index in [0.717, 1.165) is 24.2 Å². The Labute approximate surface area is 208 Å². The number of ether oxygens (including phenoxy) is 4. The molecule has 1 aliphatic rings. The van der Waals surface area contributed by atoms with Crippen LogP contribution in [0.25, 0.3) is 0 Å². The Morgan fingerprint density at radius 2 is 1.46 bits per heavy atom. The third-order valence-corrected chi connectivity index (χ3v) is 6.24. The van der Waals surface area contributed by atoms with Gasteiger partial charge in [-0.15, -0.1) is 0 Å². The molecular formula is C30H34O5. The van der Waals surface area contributed by atoms with Gasteiger partial charge in [0.05, 0.1) is 13.2 Å². The molecule has 1 unspecified atom stereocenters. The number of carbonyl (C=O) groups is 1. The highest BCUT2D eigenvalue weighted by molar-refractivity contribution is 5.75. The highest BCUT2D eigenvalue weighted by Crippen LogP contribution is 2.35. The number of aryl methyl sites for hydroxylation is 2. The van der Waals surface area contributed by atoms with Gasteiger partial charge in [0.25, 0.3) is 0 Å². The van der Waals surface area contributed by atoms with E-state index in [1.165, 1.54) is 22.3 Å². The van der Waals surface area contributed by atoms with Crippen LogP contribution in [0.1, 0.15) is 47.8 Å². The molecule has 1 atom stereocenters. The minimum Gasteiger partial charge on any atom is -0.491 e. The minimum absolute atomic E-state index is 0.0887. The SMILES string of the molecule is CCOC(=O)C(Cc1ccc(OCCOC2c3ccccc3CCc3ccccc32)cc1)OCC. The molecule has 0 radical (unpaired) electrons. The van der Waals surface area contributed by atoms with Gasteiger partial charge < -0.3 is 18.9 Å². The molecule has 0 saturated heterocycles. The van der Waals surface area contributed by atoms with Crippen LogP contribution in [0.4, 0.5) is 0 Å². The van der Waals surface area contributed by atoms with Crippen LogP contribution in [0.2, 0.25) is 0 Å².